The normalized spacial score (nSPS) is 12.7. The van der Waals surface area contributed by atoms with Crippen molar-refractivity contribution in [1.29, 1.82) is 0 Å². The zero-order valence-corrected chi connectivity index (χ0v) is 12.0. The molecule has 0 amide bonds. The van der Waals surface area contributed by atoms with Crippen LogP contribution in [0.25, 0.3) is 0 Å². The van der Waals surface area contributed by atoms with E-state index < -0.39 is 0 Å². The van der Waals surface area contributed by atoms with Gasteiger partial charge in [0.1, 0.15) is 5.82 Å². The van der Waals surface area contributed by atoms with E-state index in [1.165, 1.54) is 0 Å². The number of hydrogen-bond acceptors (Lipinski definition) is 3. The monoisotopic (exact) mass is 251 g/mol. The van der Waals surface area contributed by atoms with E-state index in [9.17, 15) is 4.79 Å². The zero-order chi connectivity index (χ0) is 13.5. The van der Waals surface area contributed by atoms with Crippen molar-refractivity contribution in [1.82, 2.24) is 14.9 Å². The van der Waals surface area contributed by atoms with Crippen LogP contribution in [-0.2, 0) is 6.54 Å². The van der Waals surface area contributed by atoms with Crippen molar-refractivity contribution < 1.29 is 0 Å². The van der Waals surface area contributed by atoms with Gasteiger partial charge >= 0.3 is 0 Å². The van der Waals surface area contributed by atoms with E-state index in [4.69, 9.17) is 0 Å². The third-order valence-corrected chi connectivity index (χ3v) is 3.25. The summed E-state index contributed by atoms with van der Waals surface area (Å²) in [4.78, 5) is 16.2. The maximum Gasteiger partial charge on any atom is 0.253 e. The van der Waals surface area contributed by atoms with Gasteiger partial charge in [-0.25, -0.2) is 4.98 Å². The smallest absolute Gasteiger partial charge is 0.253 e. The molecule has 18 heavy (non-hydrogen) atoms. The first-order valence-corrected chi connectivity index (χ1v) is 6.87. The summed E-state index contributed by atoms with van der Waals surface area (Å²) in [6, 6.07) is 2.17. The second-order valence-electron chi connectivity index (χ2n) is 4.74. The largest absolute Gasteiger partial charge is 0.314 e. The molecule has 0 saturated heterocycles. The minimum absolute atomic E-state index is 0.0662. The summed E-state index contributed by atoms with van der Waals surface area (Å²) >= 11 is 0. The summed E-state index contributed by atoms with van der Waals surface area (Å²) in [7, 11) is 0. The predicted octanol–water partition coefficient (Wildman–Crippen LogP) is 2.03. The highest BCUT2D eigenvalue weighted by Crippen LogP contribution is 2.04. The Labute approximate surface area is 109 Å². The summed E-state index contributed by atoms with van der Waals surface area (Å²) in [6.45, 7) is 9.84. The van der Waals surface area contributed by atoms with Gasteiger partial charge < -0.3 is 5.32 Å². The Morgan fingerprint density at radius 3 is 2.67 bits per heavy atom. The molecule has 1 N–H and O–H groups in total. The Balaban J connectivity index is 2.56. The molecule has 102 valence electrons. The summed E-state index contributed by atoms with van der Waals surface area (Å²) in [5, 5.41) is 3.45. The maximum atomic E-state index is 11.8. The standard InChI is InChI=1S/C14H25N3O/c1-5-13(15-6-2)8-7-9-17-12(4)16-11(3)10-14(17)18/h10,13,15H,5-9H2,1-4H3. The number of nitrogens with zero attached hydrogens (tertiary/aromatic N) is 2. The highest BCUT2D eigenvalue weighted by Gasteiger charge is 2.06. The van der Waals surface area contributed by atoms with Crippen molar-refractivity contribution in [2.24, 2.45) is 0 Å². The van der Waals surface area contributed by atoms with Gasteiger partial charge in [0.2, 0.25) is 0 Å². The van der Waals surface area contributed by atoms with E-state index in [0.717, 1.165) is 43.9 Å². The van der Waals surface area contributed by atoms with E-state index in [0.29, 0.717) is 6.04 Å². The molecule has 1 atom stereocenters. The molecule has 0 bridgehead atoms. The summed E-state index contributed by atoms with van der Waals surface area (Å²) in [6.07, 6.45) is 3.24. The first-order valence-electron chi connectivity index (χ1n) is 6.87. The molecule has 0 spiro atoms. The average Bonchev–Trinajstić information content (AvgIpc) is 2.31. The Morgan fingerprint density at radius 1 is 1.39 bits per heavy atom. The van der Waals surface area contributed by atoms with Crippen molar-refractivity contribution >= 4 is 0 Å². The number of aryl methyl sites for hydroxylation is 2. The van der Waals surface area contributed by atoms with Crippen LogP contribution in [0.3, 0.4) is 0 Å². The van der Waals surface area contributed by atoms with Crippen LogP contribution >= 0.6 is 0 Å². The van der Waals surface area contributed by atoms with Crippen LogP contribution in [0.4, 0.5) is 0 Å². The summed E-state index contributed by atoms with van der Waals surface area (Å²) in [5.74, 6) is 0.816. The highest BCUT2D eigenvalue weighted by atomic mass is 16.1. The maximum absolute atomic E-state index is 11.8. The minimum atomic E-state index is 0.0662. The van der Waals surface area contributed by atoms with Crippen LogP contribution in [0.5, 0.6) is 0 Å². The van der Waals surface area contributed by atoms with Crippen molar-refractivity contribution in [3.63, 3.8) is 0 Å². The van der Waals surface area contributed by atoms with Crippen LogP contribution in [0.15, 0.2) is 10.9 Å². The third kappa shape index (κ3) is 4.26. The minimum Gasteiger partial charge on any atom is -0.314 e. The molecule has 4 nitrogen and oxygen atoms in total. The summed E-state index contributed by atoms with van der Waals surface area (Å²) < 4.78 is 1.77. The van der Waals surface area contributed by atoms with E-state index in [1.807, 2.05) is 13.8 Å². The average molecular weight is 251 g/mol. The van der Waals surface area contributed by atoms with Gasteiger partial charge in [-0.2, -0.15) is 0 Å². The predicted molar refractivity (Wildman–Crippen MR) is 75.0 cm³/mol. The molecular formula is C14H25N3O. The highest BCUT2D eigenvalue weighted by molar-refractivity contribution is 5.01. The molecule has 0 aliphatic heterocycles. The molecule has 4 heteroatoms. The zero-order valence-electron chi connectivity index (χ0n) is 12.0. The molecule has 0 saturated carbocycles. The van der Waals surface area contributed by atoms with Crippen molar-refractivity contribution in [2.45, 2.75) is 59.5 Å². The van der Waals surface area contributed by atoms with Gasteiger partial charge in [0.15, 0.2) is 0 Å². The number of hydrogen-bond donors (Lipinski definition) is 1. The molecule has 1 aromatic heterocycles. The van der Waals surface area contributed by atoms with E-state index in [1.54, 1.807) is 10.6 Å². The SMILES string of the molecule is CCNC(CC)CCCn1c(C)nc(C)cc1=O. The summed E-state index contributed by atoms with van der Waals surface area (Å²) in [5.41, 5.74) is 0.865. The lowest BCUT2D eigenvalue weighted by Crippen LogP contribution is -2.29. The van der Waals surface area contributed by atoms with Gasteiger partial charge in [0.25, 0.3) is 5.56 Å². The van der Waals surface area contributed by atoms with Gasteiger partial charge in [-0.3, -0.25) is 9.36 Å². The molecule has 1 heterocycles. The van der Waals surface area contributed by atoms with Gasteiger partial charge in [-0.15, -0.1) is 0 Å². The number of rotatable bonds is 7. The lowest BCUT2D eigenvalue weighted by molar-refractivity contribution is 0.442. The van der Waals surface area contributed by atoms with Crippen LogP contribution in [-0.4, -0.2) is 22.1 Å². The molecule has 1 unspecified atom stereocenters. The quantitative estimate of drug-likeness (QED) is 0.806. The lowest BCUT2D eigenvalue weighted by atomic mass is 10.1. The third-order valence-electron chi connectivity index (χ3n) is 3.25. The molecular weight excluding hydrogens is 226 g/mol. The molecule has 0 aromatic carbocycles. The molecule has 0 aliphatic rings. The fraction of sp³-hybridized carbons (Fsp3) is 0.714. The molecule has 0 fully saturated rings. The van der Waals surface area contributed by atoms with Crippen LogP contribution in [0, 0.1) is 13.8 Å². The first-order chi connectivity index (χ1) is 8.58. The lowest BCUT2D eigenvalue weighted by Gasteiger charge is -2.16. The Kier molecular flexibility index (Phi) is 6.05. The second kappa shape index (κ2) is 7.31. The van der Waals surface area contributed by atoms with E-state index >= 15 is 0 Å². The van der Waals surface area contributed by atoms with Gasteiger partial charge in [-0.1, -0.05) is 13.8 Å². The van der Waals surface area contributed by atoms with Gasteiger partial charge in [-0.05, 0) is 39.7 Å². The Morgan fingerprint density at radius 2 is 2.11 bits per heavy atom. The topological polar surface area (TPSA) is 46.9 Å². The van der Waals surface area contributed by atoms with E-state index in [2.05, 4.69) is 24.1 Å². The van der Waals surface area contributed by atoms with Gasteiger partial charge in [0.05, 0.1) is 0 Å². The number of nitrogens with one attached hydrogen (secondary N) is 1. The molecule has 0 radical (unpaired) electrons. The number of aromatic nitrogens is 2. The van der Waals surface area contributed by atoms with Crippen LogP contribution in [0.2, 0.25) is 0 Å². The van der Waals surface area contributed by atoms with Crippen LogP contribution < -0.4 is 10.9 Å². The second-order valence-corrected chi connectivity index (χ2v) is 4.74. The Bertz CT molecular complexity index is 426. The fourth-order valence-electron chi connectivity index (χ4n) is 2.27. The van der Waals surface area contributed by atoms with Crippen molar-refractivity contribution in [3.8, 4) is 0 Å². The molecule has 1 aromatic rings. The Hall–Kier alpha value is -1.16. The first kappa shape index (κ1) is 14.9. The molecule has 0 aliphatic carbocycles. The van der Waals surface area contributed by atoms with Gasteiger partial charge in [0, 0.05) is 24.3 Å². The van der Waals surface area contributed by atoms with E-state index in [-0.39, 0.29) is 5.56 Å². The van der Waals surface area contributed by atoms with Crippen molar-refractivity contribution in [2.75, 3.05) is 6.54 Å². The fourth-order valence-corrected chi connectivity index (χ4v) is 2.27. The van der Waals surface area contributed by atoms with Crippen molar-refractivity contribution in [3.05, 3.63) is 27.9 Å². The molecule has 1 rings (SSSR count). The van der Waals surface area contributed by atoms with Crippen LogP contribution in [0.1, 0.15) is 44.6 Å².